The van der Waals surface area contributed by atoms with E-state index in [9.17, 15) is 0 Å². The summed E-state index contributed by atoms with van der Waals surface area (Å²) in [4.78, 5) is 20.7. The van der Waals surface area contributed by atoms with E-state index in [4.69, 9.17) is 5.73 Å². The number of hydrogen-bond donors (Lipinski definition) is 2. The summed E-state index contributed by atoms with van der Waals surface area (Å²) in [5, 5.41) is 0. The standard InChI is InChI=1S/C13H21N7/c1-2-10(7-14)19-3-5-20(6-4-19)13-11-12(16-8-15-11)17-9-18-13/h8-10H,2-7,14H2,1H3,(H,15,16,17,18). The van der Waals surface area contributed by atoms with Crippen LogP contribution in [0.25, 0.3) is 11.2 Å². The average molecular weight is 275 g/mol. The Hall–Kier alpha value is -1.73. The van der Waals surface area contributed by atoms with Crippen LogP contribution in [-0.2, 0) is 0 Å². The molecular formula is C13H21N7. The molecule has 0 amide bonds. The van der Waals surface area contributed by atoms with Crippen LogP contribution in [0.3, 0.4) is 0 Å². The third-order valence-corrected chi connectivity index (χ3v) is 4.08. The van der Waals surface area contributed by atoms with Crippen LogP contribution in [0.5, 0.6) is 0 Å². The van der Waals surface area contributed by atoms with Crippen molar-refractivity contribution in [2.24, 2.45) is 5.73 Å². The van der Waals surface area contributed by atoms with Crippen molar-refractivity contribution in [3.05, 3.63) is 12.7 Å². The molecule has 1 saturated heterocycles. The largest absolute Gasteiger partial charge is 0.352 e. The van der Waals surface area contributed by atoms with Gasteiger partial charge < -0.3 is 15.6 Å². The van der Waals surface area contributed by atoms with Crippen molar-refractivity contribution in [1.29, 1.82) is 0 Å². The van der Waals surface area contributed by atoms with Gasteiger partial charge in [0.2, 0.25) is 0 Å². The highest BCUT2D eigenvalue weighted by atomic mass is 15.3. The van der Waals surface area contributed by atoms with Crippen LogP contribution in [-0.4, -0.2) is 63.6 Å². The summed E-state index contributed by atoms with van der Waals surface area (Å²) in [5.41, 5.74) is 7.48. The number of imidazole rings is 1. The van der Waals surface area contributed by atoms with E-state index in [1.807, 2.05) is 0 Å². The molecule has 0 bridgehead atoms. The molecule has 0 radical (unpaired) electrons. The molecular weight excluding hydrogens is 254 g/mol. The predicted molar refractivity (Wildman–Crippen MR) is 78.6 cm³/mol. The number of rotatable bonds is 4. The fourth-order valence-electron chi connectivity index (χ4n) is 2.86. The van der Waals surface area contributed by atoms with Crippen molar-refractivity contribution in [3.63, 3.8) is 0 Å². The SMILES string of the molecule is CCC(CN)N1CCN(c2ncnc3nc[nH]c23)CC1. The van der Waals surface area contributed by atoms with Gasteiger partial charge in [0, 0.05) is 38.8 Å². The molecule has 1 atom stereocenters. The Labute approximate surface area is 118 Å². The van der Waals surface area contributed by atoms with E-state index in [0.717, 1.165) is 56.1 Å². The summed E-state index contributed by atoms with van der Waals surface area (Å²) in [6, 6.07) is 0.495. The predicted octanol–water partition coefficient (Wildman–Crippen LogP) is 0.212. The third kappa shape index (κ3) is 2.34. The number of nitrogens with zero attached hydrogens (tertiary/aromatic N) is 5. The molecule has 2 aromatic rings. The summed E-state index contributed by atoms with van der Waals surface area (Å²) in [6.07, 6.45) is 4.36. The number of anilines is 1. The van der Waals surface area contributed by atoms with Crippen LogP contribution < -0.4 is 10.6 Å². The molecule has 3 rings (SSSR count). The fraction of sp³-hybridized carbons (Fsp3) is 0.615. The minimum Gasteiger partial charge on any atom is -0.352 e. The second-order valence-corrected chi connectivity index (χ2v) is 5.12. The molecule has 20 heavy (non-hydrogen) atoms. The zero-order valence-electron chi connectivity index (χ0n) is 11.8. The summed E-state index contributed by atoms with van der Waals surface area (Å²) in [5.74, 6) is 0.952. The van der Waals surface area contributed by atoms with Crippen molar-refractivity contribution < 1.29 is 0 Å². The molecule has 7 nitrogen and oxygen atoms in total. The van der Waals surface area contributed by atoms with Gasteiger partial charge in [-0.1, -0.05) is 6.92 Å². The first-order chi connectivity index (χ1) is 9.83. The molecule has 108 valence electrons. The van der Waals surface area contributed by atoms with Gasteiger partial charge in [-0.25, -0.2) is 15.0 Å². The maximum absolute atomic E-state index is 5.83. The number of H-pyrrole nitrogens is 1. The molecule has 0 saturated carbocycles. The lowest BCUT2D eigenvalue weighted by atomic mass is 10.1. The first-order valence-electron chi connectivity index (χ1n) is 7.16. The number of fused-ring (bicyclic) bond motifs is 1. The molecule has 1 aliphatic rings. The molecule has 0 aromatic carbocycles. The minimum atomic E-state index is 0.495. The second kappa shape index (κ2) is 5.72. The van der Waals surface area contributed by atoms with Crippen molar-refractivity contribution in [2.75, 3.05) is 37.6 Å². The molecule has 1 fully saturated rings. The molecule has 0 spiro atoms. The van der Waals surface area contributed by atoms with Crippen LogP contribution >= 0.6 is 0 Å². The maximum atomic E-state index is 5.83. The van der Waals surface area contributed by atoms with Crippen LogP contribution in [0.15, 0.2) is 12.7 Å². The van der Waals surface area contributed by atoms with Crippen molar-refractivity contribution in [1.82, 2.24) is 24.8 Å². The zero-order valence-corrected chi connectivity index (χ0v) is 11.8. The first kappa shape index (κ1) is 13.3. The van der Waals surface area contributed by atoms with Crippen LogP contribution in [0.1, 0.15) is 13.3 Å². The van der Waals surface area contributed by atoms with Crippen LogP contribution in [0.4, 0.5) is 5.82 Å². The fourth-order valence-corrected chi connectivity index (χ4v) is 2.86. The topological polar surface area (TPSA) is 87.0 Å². The number of aromatic amines is 1. The average Bonchev–Trinajstić information content (AvgIpc) is 2.98. The van der Waals surface area contributed by atoms with E-state index in [-0.39, 0.29) is 0 Å². The van der Waals surface area contributed by atoms with Gasteiger partial charge >= 0.3 is 0 Å². The molecule has 0 aliphatic carbocycles. The Morgan fingerprint density at radius 3 is 2.75 bits per heavy atom. The third-order valence-electron chi connectivity index (χ3n) is 4.08. The summed E-state index contributed by atoms with van der Waals surface area (Å²) in [6.45, 7) is 6.89. The van der Waals surface area contributed by atoms with Gasteiger partial charge in [-0.15, -0.1) is 0 Å². The first-order valence-corrected chi connectivity index (χ1v) is 7.16. The summed E-state index contributed by atoms with van der Waals surface area (Å²) < 4.78 is 0. The molecule has 3 N–H and O–H groups in total. The number of nitrogens with one attached hydrogen (secondary N) is 1. The summed E-state index contributed by atoms with van der Waals surface area (Å²) >= 11 is 0. The van der Waals surface area contributed by atoms with Gasteiger partial charge in [0.05, 0.1) is 6.33 Å². The van der Waals surface area contributed by atoms with E-state index in [2.05, 4.69) is 36.7 Å². The Morgan fingerprint density at radius 2 is 2.05 bits per heavy atom. The number of nitrogens with two attached hydrogens (primary N) is 1. The molecule has 7 heteroatoms. The van der Waals surface area contributed by atoms with Gasteiger partial charge in [-0.05, 0) is 6.42 Å². The van der Waals surface area contributed by atoms with E-state index in [1.165, 1.54) is 0 Å². The molecule has 1 unspecified atom stereocenters. The van der Waals surface area contributed by atoms with Gasteiger partial charge in [0.1, 0.15) is 11.8 Å². The minimum absolute atomic E-state index is 0.495. The van der Waals surface area contributed by atoms with E-state index >= 15 is 0 Å². The second-order valence-electron chi connectivity index (χ2n) is 5.12. The van der Waals surface area contributed by atoms with Crippen LogP contribution in [0.2, 0.25) is 0 Å². The van der Waals surface area contributed by atoms with E-state index in [0.29, 0.717) is 6.04 Å². The lowest BCUT2D eigenvalue weighted by Gasteiger charge is -2.39. The highest BCUT2D eigenvalue weighted by Gasteiger charge is 2.24. The smallest absolute Gasteiger partial charge is 0.182 e. The molecule has 2 aromatic heterocycles. The summed E-state index contributed by atoms with van der Waals surface area (Å²) in [7, 11) is 0. The van der Waals surface area contributed by atoms with Gasteiger partial charge in [0.15, 0.2) is 11.5 Å². The zero-order chi connectivity index (χ0) is 13.9. The Kier molecular flexibility index (Phi) is 3.79. The Balaban J connectivity index is 1.73. The highest BCUT2D eigenvalue weighted by molar-refractivity contribution is 5.82. The van der Waals surface area contributed by atoms with Crippen LogP contribution in [0, 0.1) is 0 Å². The lowest BCUT2D eigenvalue weighted by molar-refractivity contribution is 0.184. The maximum Gasteiger partial charge on any atom is 0.182 e. The Morgan fingerprint density at radius 1 is 1.25 bits per heavy atom. The van der Waals surface area contributed by atoms with E-state index < -0.39 is 0 Å². The monoisotopic (exact) mass is 275 g/mol. The normalized spacial score (nSPS) is 18.6. The lowest BCUT2D eigenvalue weighted by Crippen LogP contribution is -2.52. The highest BCUT2D eigenvalue weighted by Crippen LogP contribution is 2.21. The number of piperazine rings is 1. The van der Waals surface area contributed by atoms with E-state index in [1.54, 1.807) is 12.7 Å². The number of aromatic nitrogens is 4. The number of hydrogen-bond acceptors (Lipinski definition) is 6. The molecule has 1 aliphatic heterocycles. The molecule has 3 heterocycles. The van der Waals surface area contributed by atoms with Gasteiger partial charge in [-0.2, -0.15) is 0 Å². The Bertz CT molecular complexity index is 555. The van der Waals surface area contributed by atoms with Crippen molar-refractivity contribution >= 4 is 17.0 Å². The van der Waals surface area contributed by atoms with Crippen molar-refractivity contribution in [2.45, 2.75) is 19.4 Å². The quantitative estimate of drug-likeness (QED) is 0.829. The van der Waals surface area contributed by atoms with Crippen molar-refractivity contribution in [3.8, 4) is 0 Å². The van der Waals surface area contributed by atoms with Gasteiger partial charge in [0.25, 0.3) is 0 Å². The van der Waals surface area contributed by atoms with Gasteiger partial charge in [-0.3, -0.25) is 4.90 Å².